The number of alkyl carbamates (subject to hydrolysis) is 1. The van der Waals surface area contributed by atoms with Crippen LogP contribution in [0.15, 0.2) is 12.7 Å². The quantitative estimate of drug-likeness (QED) is 0.681. The lowest BCUT2D eigenvalue weighted by Crippen LogP contribution is -2.48. The van der Waals surface area contributed by atoms with Gasteiger partial charge in [0.1, 0.15) is 6.61 Å². The topological polar surface area (TPSA) is 75.6 Å². The zero-order valence-corrected chi connectivity index (χ0v) is 9.95. The minimum absolute atomic E-state index is 0.107. The largest absolute Gasteiger partial charge is 0.481 e. The fraction of sp³-hybridized carbons (Fsp3) is 0.636. The zero-order chi connectivity index (χ0) is 12.8. The first-order valence-electron chi connectivity index (χ1n) is 5.13. The lowest BCUT2D eigenvalue weighted by atomic mass is 9.83. The average molecular weight is 229 g/mol. The van der Waals surface area contributed by atoms with Crippen LogP contribution in [0.4, 0.5) is 4.79 Å². The summed E-state index contributed by atoms with van der Waals surface area (Å²) in [5.74, 6) is -0.955. The van der Waals surface area contributed by atoms with Crippen LogP contribution in [0.3, 0.4) is 0 Å². The first-order valence-corrected chi connectivity index (χ1v) is 5.13. The number of nitrogens with one attached hydrogen (secondary N) is 1. The van der Waals surface area contributed by atoms with Crippen LogP contribution < -0.4 is 5.32 Å². The van der Waals surface area contributed by atoms with Crippen molar-refractivity contribution in [2.45, 2.75) is 33.2 Å². The molecule has 0 aromatic carbocycles. The van der Waals surface area contributed by atoms with Gasteiger partial charge in [0.05, 0.1) is 5.41 Å². The van der Waals surface area contributed by atoms with Gasteiger partial charge in [-0.25, -0.2) is 4.79 Å². The van der Waals surface area contributed by atoms with Crippen molar-refractivity contribution < 1.29 is 19.4 Å². The third kappa shape index (κ3) is 3.92. The average Bonchev–Trinajstić information content (AvgIpc) is 2.22. The van der Waals surface area contributed by atoms with Crippen molar-refractivity contribution >= 4 is 12.1 Å². The van der Waals surface area contributed by atoms with E-state index < -0.39 is 23.5 Å². The Morgan fingerprint density at radius 2 is 2.12 bits per heavy atom. The summed E-state index contributed by atoms with van der Waals surface area (Å²) in [5.41, 5.74) is -1.03. The van der Waals surface area contributed by atoms with E-state index in [-0.39, 0.29) is 6.61 Å². The van der Waals surface area contributed by atoms with Gasteiger partial charge in [-0.2, -0.15) is 0 Å². The first-order chi connectivity index (χ1) is 7.36. The van der Waals surface area contributed by atoms with Gasteiger partial charge in [-0.05, 0) is 20.3 Å². The van der Waals surface area contributed by atoms with E-state index in [1.54, 1.807) is 13.8 Å². The van der Waals surface area contributed by atoms with Crippen LogP contribution in [-0.4, -0.2) is 29.8 Å². The summed E-state index contributed by atoms with van der Waals surface area (Å²) in [4.78, 5) is 22.3. The molecule has 0 radical (unpaired) electrons. The zero-order valence-electron chi connectivity index (χ0n) is 9.95. The van der Waals surface area contributed by atoms with E-state index in [1.807, 2.05) is 6.92 Å². The summed E-state index contributed by atoms with van der Waals surface area (Å²) in [6.45, 7) is 8.46. The smallest absolute Gasteiger partial charge is 0.407 e. The monoisotopic (exact) mass is 229 g/mol. The molecule has 0 aromatic rings. The Morgan fingerprint density at radius 3 is 2.50 bits per heavy atom. The molecule has 0 bridgehead atoms. The Hall–Kier alpha value is -1.52. The molecule has 92 valence electrons. The highest BCUT2D eigenvalue weighted by Gasteiger charge is 2.36. The SMILES string of the molecule is C=CCOC(=O)N[C@@H](CC)C(C)(C)C(=O)O. The highest BCUT2D eigenvalue weighted by molar-refractivity contribution is 5.76. The molecular formula is C11H19NO4. The van der Waals surface area contributed by atoms with Crippen molar-refractivity contribution in [1.29, 1.82) is 0 Å². The Morgan fingerprint density at radius 1 is 1.56 bits per heavy atom. The lowest BCUT2D eigenvalue weighted by molar-refractivity contribution is -0.148. The standard InChI is InChI=1S/C11H19NO4/c1-5-7-16-10(15)12-8(6-2)11(3,4)9(13)14/h5,8H,1,6-7H2,2-4H3,(H,12,15)(H,13,14)/t8-/m0/s1. The highest BCUT2D eigenvalue weighted by atomic mass is 16.5. The van der Waals surface area contributed by atoms with E-state index in [1.165, 1.54) is 6.08 Å². The molecule has 5 heteroatoms. The molecule has 0 aliphatic rings. The molecule has 1 atom stereocenters. The molecular weight excluding hydrogens is 210 g/mol. The van der Waals surface area contributed by atoms with Gasteiger partial charge in [0.15, 0.2) is 0 Å². The maximum atomic E-state index is 11.3. The molecule has 0 aliphatic heterocycles. The predicted molar refractivity (Wildman–Crippen MR) is 60.2 cm³/mol. The van der Waals surface area contributed by atoms with E-state index in [0.29, 0.717) is 6.42 Å². The third-order valence-electron chi connectivity index (χ3n) is 2.45. The first kappa shape index (κ1) is 14.5. The number of amides is 1. The van der Waals surface area contributed by atoms with E-state index in [9.17, 15) is 9.59 Å². The Labute approximate surface area is 95.5 Å². The maximum Gasteiger partial charge on any atom is 0.407 e. The highest BCUT2D eigenvalue weighted by Crippen LogP contribution is 2.23. The second-order valence-corrected chi connectivity index (χ2v) is 4.02. The van der Waals surface area contributed by atoms with Crippen molar-refractivity contribution in [2.24, 2.45) is 5.41 Å². The maximum absolute atomic E-state index is 11.3. The van der Waals surface area contributed by atoms with Gasteiger partial charge >= 0.3 is 12.1 Å². The number of ether oxygens (including phenoxy) is 1. The molecule has 0 spiro atoms. The molecule has 5 nitrogen and oxygen atoms in total. The molecule has 0 saturated heterocycles. The second kappa shape index (κ2) is 6.15. The molecule has 0 saturated carbocycles. The number of carbonyl (C=O) groups excluding carboxylic acids is 1. The summed E-state index contributed by atoms with van der Waals surface area (Å²) in [6, 6.07) is -0.470. The molecule has 0 aromatic heterocycles. The van der Waals surface area contributed by atoms with Crippen LogP contribution in [0.2, 0.25) is 0 Å². The number of carbonyl (C=O) groups is 2. The van der Waals surface area contributed by atoms with Gasteiger partial charge in [0, 0.05) is 6.04 Å². The molecule has 0 aliphatic carbocycles. The molecule has 0 heterocycles. The fourth-order valence-corrected chi connectivity index (χ4v) is 1.26. The van der Waals surface area contributed by atoms with E-state index >= 15 is 0 Å². The van der Waals surface area contributed by atoms with Gasteiger partial charge < -0.3 is 15.2 Å². The number of rotatable bonds is 6. The van der Waals surface area contributed by atoms with Crippen LogP contribution in [-0.2, 0) is 9.53 Å². The predicted octanol–water partition coefficient (Wildman–Crippen LogP) is 1.79. The molecule has 16 heavy (non-hydrogen) atoms. The van der Waals surface area contributed by atoms with Gasteiger partial charge in [0.2, 0.25) is 0 Å². The lowest BCUT2D eigenvalue weighted by Gasteiger charge is -2.29. The third-order valence-corrected chi connectivity index (χ3v) is 2.45. The van der Waals surface area contributed by atoms with Gasteiger partial charge in [-0.1, -0.05) is 19.6 Å². The van der Waals surface area contributed by atoms with Gasteiger partial charge in [0.25, 0.3) is 0 Å². The minimum Gasteiger partial charge on any atom is -0.481 e. The molecule has 0 rings (SSSR count). The van der Waals surface area contributed by atoms with Crippen LogP contribution in [0.1, 0.15) is 27.2 Å². The minimum atomic E-state index is -1.03. The van der Waals surface area contributed by atoms with Crippen LogP contribution >= 0.6 is 0 Å². The van der Waals surface area contributed by atoms with Crippen molar-refractivity contribution in [3.05, 3.63) is 12.7 Å². The number of hydrogen-bond acceptors (Lipinski definition) is 3. The van der Waals surface area contributed by atoms with Crippen molar-refractivity contribution in [3.8, 4) is 0 Å². The summed E-state index contributed by atoms with van der Waals surface area (Å²) in [6.07, 6.45) is 1.34. The number of aliphatic carboxylic acids is 1. The molecule has 0 fully saturated rings. The molecule has 0 unspecified atom stereocenters. The van der Waals surface area contributed by atoms with Gasteiger partial charge in [-0.3, -0.25) is 4.79 Å². The summed E-state index contributed by atoms with van der Waals surface area (Å²) >= 11 is 0. The van der Waals surface area contributed by atoms with Crippen molar-refractivity contribution in [1.82, 2.24) is 5.32 Å². The summed E-state index contributed by atoms with van der Waals surface area (Å²) in [5, 5.41) is 11.6. The number of hydrogen-bond donors (Lipinski definition) is 2. The van der Waals surface area contributed by atoms with Crippen molar-refractivity contribution in [2.75, 3.05) is 6.61 Å². The van der Waals surface area contributed by atoms with E-state index in [2.05, 4.69) is 11.9 Å². The van der Waals surface area contributed by atoms with E-state index in [4.69, 9.17) is 9.84 Å². The van der Waals surface area contributed by atoms with Crippen LogP contribution in [0.5, 0.6) is 0 Å². The van der Waals surface area contributed by atoms with Crippen LogP contribution in [0.25, 0.3) is 0 Å². The van der Waals surface area contributed by atoms with Crippen LogP contribution in [0, 0.1) is 5.41 Å². The van der Waals surface area contributed by atoms with Crippen molar-refractivity contribution in [3.63, 3.8) is 0 Å². The summed E-state index contributed by atoms with van der Waals surface area (Å²) < 4.78 is 4.74. The Kier molecular flexibility index (Phi) is 5.56. The number of carboxylic acids is 1. The second-order valence-electron chi connectivity index (χ2n) is 4.02. The molecule has 1 amide bonds. The summed E-state index contributed by atoms with van der Waals surface area (Å²) in [7, 11) is 0. The van der Waals surface area contributed by atoms with Gasteiger partial charge in [-0.15, -0.1) is 0 Å². The molecule has 2 N–H and O–H groups in total. The van der Waals surface area contributed by atoms with E-state index in [0.717, 1.165) is 0 Å². The normalized spacial score (nSPS) is 12.7. The Balaban J connectivity index is 4.46. The Bertz CT molecular complexity index is 273. The fourth-order valence-electron chi connectivity index (χ4n) is 1.26. The number of carboxylic acid groups (broad SMARTS) is 1.